The van der Waals surface area contributed by atoms with Crippen LogP contribution >= 0.6 is 7.82 Å². The number of phosphoric ester groups is 1. The Balaban J connectivity index is 4.17. The van der Waals surface area contributed by atoms with Crippen molar-refractivity contribution in [2.75, 3.05) is 47.5 Å². The number of carbonyl (C=O) groups excluding carboxylic acids is 2. The molecular formula is C54H97NO8P+. The van der Waals surface area contributed by atoms with Gasteiger partial charge < -0.3 is 18.9 Å². The number of ether oxygens (including phenoxy) is 2. The van der Waals surface area contributed by atoms with E-state index in [4.69, 9.17) is 18.5 Å². The third-order valence-electron chi connectivity index (χ3n) is 10.7. The maximum atomic E-state index is 12.7. The highest BCUT2D eigenvalue weighted by atomic mass is 31.2. The molecule has 0 amide bonds. The van der Waals surface area contributed by atoms with E-state index in [0.717, 1.165) is 51.4 Å². The summed E-state index contributed by atoms with van der Waals surface area (Å²) in [4.78, 5) is 35.4. The van der Waals surface area contributed by atoms with Crippen LogP contribution in [0.25, 0.3) is 0 Å². The zero-order valence-electron chi connectivity index (χ0n) is 41.7. The second-order valence-electron chi connectivity index (χ2n) is 18.2. The molecule has 0 aliphatic carbocycles. The molecule has 10 heteroatoms. The van der Waals surface area contributed by atoms with Crippen molar-refractivity contribution < 1.29 is 42.1 Å². The topological polar surface area (TPSA) is 108 Å². The van der Waals surface area contributed by atoms with Gasteiger partial charge in [0.1, 0.15) is 19.8 Å². The molecule has 2 atom stereocenters. The predicted octanol–water partition coefficient (Wildman–Crippen LogP) is 15.4. The van der Waals surface area contributed by atoms with Gasteiger partial charge in [-0.1, -0.05) is 196 Å². The lowest BCUT2D eigenvalue weighted by molar-refractivity contribution is -0.870. The summed E-state index contributed by atoms with van der Waals surface area (Å²) in [6, 6.07) is 0. The van der Waals surface area contributed by atoms with Gasteiger partial charge in [-0.3, -0.25) is 18.6 Å². The average Bonchev–Trinajstić information content (AvgIpc) is 3.25. The van der Waals surface area contributed by atoms with E-state index in [2.05, 4.69) is 74.6 Å². The van der Waals surface area contributed by atoms with Crippen LogP contribution in [-0.2, 0) is 32.7 Å². The fraction of sp³-hybridized carbons (Fsp3) is 0.741. The minimum absolute atomic E-state index is 0.0167. The second kappa shape index (κ2) is 45.6. The molecule has 0 aromatic rings. The average molecular weight is 919 g/mol. The van der Waals surface area contributed by atoms with E-state index < -0.39 is 26.5 Å². The van der Waals surface area contributed by atoms with Crippen LogP contribution in [-0.4, -0.2) is 74.9 Å². The van der Waals surface area contributed by atoms with Crippen LogP contribution in [0.3, 0.4) is 0 Å². The first-order chi connectivity index (χ1) is 31.0. The summed E-state index contributed by atoms with van der Waals surface area (Å²) in [6.45, 7) is 4.21. The Bertz CT molecular complexity index is 1310. The standard InChI is InChI=1S/C54H96NO8P/c1-6-8-10-12-14-16-18-20-21-22-23-24-25-26-27-28-29-30-31-32-33-35-36-38-40-42-44-46-53(56)60-50-52(51-62-64(58,59)61-49-48-55(3,4)5)63-54(57)47-45-43-41-39-37-34-19-17-15-13-11-9-7-2/h9,11,15,17-18,20,22-23,34,37,41,43,52H,6-8,10,12-14,16,19,21,24-33,35-36,38-40,42,44-51H2,1-5H3/p+1/b11-9-,17-15-,20-18-,23-22-,37-34-,43-41-. The Labute approximate surface area is 393 Å². The van der Waals surface area contributed by atoms with Gasteiger partial charge in [-0.2, -0.15) is 0 Å². The van der Waals surface area contributed by atoms with Gasteiger partial charge >= 0.3 is 19.8 Å². The van der Waals surface area contributed by atoms with Crippen molar-refractivity contribution in [2.24, 2.45) is 0 Å². The molecule has 64 heavy (non-hydrogen) atoms. The molecule has 0 aliphatic rings. The molecule has 1 N–H and O–H groups in total. The van der Waals surface area contributed by atoms with Crippen molar-refractivity contribution >= 4 is 19.8 Å². The first-order valence-corrected chi connectivity index (χ1v) is 27.2. The van der Waals surface area contributed by atoms with Gasteiger partial charge in [-0.15, -0.1) is 0 Å². The summed E-state index contributed by atoms with van der Waals surface area (Å²) in [6.07, 6.45) is 58.5. The SMILES string of the molecule is CC/C=C\C/C=C\C/C=C\C/C=C\CCC(=O)OC(COC(=O)CCCCCCCCCCCCCCCCC/C=C\C/C=C\CCCCCCC)COP(=O)(O)OCC[N+](C)(C)C. The van der Waals surface area contributed by atoms with Crippen molar-refractivity contribution in [3.63, 3.8) is 0 Å². The molecule has 0 aromatic heterocycles. The third-order valence-corrected chi connectivity index (χ3v) is 11.7. The van der Waals surface area contributed by atoms with Gasteiger partial charge in [0, 0.05) is 12.8 Å². The number of hydrogen-bond acceptors (Lipinski definition) is 7. The molecule has 0 radical (unpaired) electrons. The maximum Gasteiger partial charge on any atom is 0.472 e. The highest BCUT2D eigenvalue weighted by Gasteiger charge is 2.27. The molecule has 370 valence electrons. The van der Waals surface area contributed by atoms with Crippen LogP contribution in [0, 0.1) is 0 Å². The van der Waals surface area contributed by atoms with Crippen LogP contribution in [0.1, 0.15) is 206 Å². The molecule has 9 nitrogen and oxygen atoms in total. The highest BCUT2D eigenvalue weighted by Crippen LogP contribution is 2.43. The van der Waals surface area contributed by atoms with E-state index in [1.54, 1.807) is 0 Å². The number of hydrogen-bond donors (Lipinski definition) is 1. The van der Waals surface area contributed by atoms with Crippen LogP contribution < -0.4 is 0 Å². The van der Waals surface area contributed by atoms with Crippen molar-refractivity contribution in [3.8, 4) is 0 Å². The number of phosphoric acid groups is 1. The lowest BCUT2D eigenvalue weighted by Gasteiger charge is -2.24. The molecule has 0 heterocycles. The molecule has 0 saturated carbocycles. The fourth-order valence-corrected chi connectivity index (χ4v) is 7.51. The lowest BCUT2D eigenvalue weighted by Crippen LogP contribution is -2.37. The molecule has 0 saturated heterocycles. The van der Waals surface area contributed by atoms with Crippen LogP contribution in [0.15, 0.2) is 72.9 Å². The van der Waals surface area contributed by atoms with Crippen LogP contribution in [0.4, 0.5) is 0 Å². The molecule has 2 unspecified atom stereocenters. The van der Waals surface area contributed by atoms with Gasteiger partial charge in [0.05, 0.1) is 27.7 Å². The highest BCUT2D eigenvalue weighted by molar-refractivity contribution is 7.47. The molecule has 0 aromatic carbocycles. The van der Waals surface area contributed by atoms with Crippen molar-refractivity contribution in [2.45, 2.75) is 213 Å². The van der Waals surface area contributed by atoms with E-state index in [1.165, 1.54) is 122 Å². The summed E-state index contributed by atoms with van der Waals surface area (Å²) < 4.78 is 34.3. The number of unbranched alkanes of at least 4 members (excludes halogenated alkanes) is 20. The second-order valence-corrected chi connectivity index (χ2v) is 19.6. The quantitative estimate of drug-likeness (QED) is 0.0211. The smallest absolute Gasteiger partial charge is 0.462 e. The van der Waals surface area contributed by atoms with Gasteiger partial charge in [0.2, 0.25) is 0 Å². The molecule has 0 spiro atoms. The monoisotopic (exact) mass is 919 g/mol. The maximum absolute atomic E-state index is 12.7. The van der Waals surface area contributed by atoms with Crippen molar-refractivity contribution in [1.29, 1.82) is 0 Å². The van der Waals surface area contributed by atoms with Crippen LogP contribution in [0.2, 0.25) is 0 Å². The normalized spacial score (nSPS) is 14.0. The summed E-state index contributed by atoms with van der Waals surface area (Å²) in [5.41, 5.74) is 0. The first-order valence-electron chi connectivity index (χ1n) is 25.7. The molecule has 0 aliphatic heterocycles. The number of allylic oxidation sites excluding steroid dienone is 12. The van der Waals surface area contributed by atoms with Crippen molar-refractivity contribution in [1.82, 2.24) is 0 Å². The molecule has 0 bridgehead atoms. The third kappa shape index (κ3) is 48.9. The Kier molecular flexibility index (Phi) is 43.8. The summed E-state index contributed by atoms with van der Waals surface area (Å²) in [7, 11) is 1.43. The van der Waals surface area contributed by atoms with E-state index in [-0.39, 0.29) is 32.0 Å². The van der Waals surface area contributed by atoms with Gasteiger partial charge in [-0.25, -0.2) is 4.57 Å². The number of carbonyl (C=O) groups is 2. The minimum Gasteiger partial charge on any atom is -0.462 e. The molecular weight excluding hydrogens is 822 g/mol. The van der Waals surface area contributed by atoms with E-state index in [9.17, 15) is 19.0 Å². The predicted molar refractivity (Wildman–Crippen MR) is 270 cm³/mol. The van der Waals surface area contributed by atoms with Gasteiger partial charge in [0.25, 0.3) is 0 Å². The number of nitrogens with zero attached hydrogens (tertiary/aromatic N) is 1. The van der Waals surface area contributed by atoms with Gasteiger partial charge in [-0.05, 0) is 70.6 Å². The lowest BCUT2D eigenvalue weighted by atomic mass is 10.0. The summed E-state index contributed by atoms with van der Waals surface area (Å²) in [5.74, 6) is -0.894. The number of esters is 2. The van der Waals surface area contributed by atoms with E-state index in [1.807, 2.05) is 33.3 Å². The molecule has 0 fully saturated rings. The molecule has 0 rings (SSSR count). The Morgan fingerprint density at radius 2 is 0.922 bits per heavy atom. The zero-order chi connectivity index (χ0) is 47.1. The summed E-state index contributed by atoms with van der Waals surface area (Å²) >= 11 is 0. The number of rotatable bonds is 46. The summed E-state index contributed by atoms with van der Waals surface area (Å²) in [5, 5.41) is 0. The number of quaternary nitrogens is 1. The Morgan fingerprint density at radius 3 is 1.39 bits per heavy atom. The van der Waals surface area contributed by atoms with E-state index >= 15 is 0 Å². The van der Waals surface area contributed by atoms with Crippen LogP contribution in [0.5, 0.6) is 0 Å². The largest absolute Gasteiger partial charge is 0.472 e. The number of likely N-dealkylation sites (N-methyl/N-ethyl adjacent to an activating group) is 1. The minimum atomic E-state index is -4.40. The fourth-order valence-electron chi connectivity index (χ4n) is 6.76. The zero-order valence-corrected chi connectivity index (χ0v) is 42.6. The van der Waals surface area contributed by atoms with E-state index in [0.29, 0.717) is 17.4 Å². The first kappa shape index (κ1) is 61.5. The Hall–Kier alpha value is -2.55. The van der Waals surface area contributed by atoms with Crippen molar-refractivity contribution in [3.05, 3.63) is 72.9 Å². The van der Waals surface area contributed by atoms with Gasteiger partial charge in [0.15, 0.2) is 6.10 Å². The Morgan fingerprint density at radius 1 is 0.500 bits per heavy atom.